The quantitative estimate of drug-likeness (QED) is 0.654. The van der Waals surface area contributed by atoms with Crippen molar-refractivity contribution >= 4 is 28.7 Å². The summed E-state index contributed by atoms with van der Waals surface area (Å²) in [6, 6.07) is 14.2. The normalized spacial score (nSPS) is 19.3. The number of fused-ring (bicyclic) bond motifs is 1. The highest BCUT2D eigenvalue weighted by Gasteiger charge is 2.38. The van der Waals surface area contributed by atoms with Crippen LogP contribution in [0.4, 0.5) is 0 Å². The van der Waals surface area contributed by atoms with E-state index in [0.29, 0.717) is 5.25 Å². The largest absolute Gasteiger partial charge is 0.496 e. The fourth-order valence-corrected chi connectivity index (χ4v) is 5.27. The van der Waals surface area contributed by atoms with Crippen molar-refractivity contribution in [3.8, 4) is 5.75 Å². The van der Waals surface area contributed by atoms with Crippen molar-refractivity contribution < 1.29 is 9.53 Å². The molecule has 1 aliphatic rings. The maximum absolute atomic E-state index is 12.9. The standard InChI is InChI=1S/C23H28N4O2S/c1-15-11-16(9-10-21(15)29-4)13-27-14-17(12-20(27)22(28)26(2)3)30-23-24-18-7-5-6-8-19(18)25-23/h5-11,17,20H,12-14H2,1-4H3,(H,24,25)/t17-,20+/m1/s1. The Morgan fingerprint density at radius 2 is 2.10 bits per heavy atom. The number of thioether (sulfide) groups is 1. The molecule has 6 nitrogen and oxygen atoms in total. The third-order valence-corrected chi connectivity index (χ3v) is 6.67. The van der Waals surface area contributed by atoms with Crippen molar-refractivity contribution in [2.45, 2.75) is 36.3 Å². The van der Waals surface area contributed by atoms with Crippen LogP contribution in [0.25, 0.3) is 11.0 Å². The summed E-state index contributed by atoms with van der Waals surface area (Å²) in [7, 11) is 5.35. The van der Waals surface area contributed by atoms with Crippen molar-refractivity contribution in [2.24, 2.45) is 0 Å². The Balaban J connectivity index is 1.52. The average molecular weight is 425 g/mol. The number of imidazole rings is 1. The minimum atomic E-state index is -0.121. The number of aromatic amines is 1. The van der Waals surface area contributed by atoms with Crippen molar-refractivity contribution in [3.05, 3.63) is 53.6 Å². The van der Waals surface area contributed by atoms with E-state index in [9.17, 15) is 4.79 Å². The number of para-hydroxylation sites is 2. The number of H-pyrrole nitrogens is 1. The molecule has 0 aliphatic carbocycles. The smallest absolute Gasteiger partial charge is 0.239 e. The molecule has 1 N–H and O–H groups in total. The molecule has 158 valence electrons. The zero-order valence-corrected chi connectivity index (χ0v) is 18.7. The monoisotopic (exact) mass is 424 g/mol. The zero-order valence-electron chi connectivity index (χ0n) is 17.9. The van der Waals surface area contributed by atoms with Crippen LogP contribution < -0.4 is 4.74 Å². The van der Waals surface area contributed by atoms with E-state index in [4.69, 9.17) is 9.72 Å². The number of carbonyl (C=O) groups is 1. The molecule has 0 radical (unpaired) electrons. The molecule has 0 bridgehead atoms. The molecule has 1 aromatic heterocycles. The van der Waals surface area contributed by atoms with Crippen LogP contribution in [0.15, 0.2) is 47.6 Å². The second kappa shape index (κ2) is 8.70. The van der Waals surface area contributed by atoms with Crippen LogP contribution in [0, 0.1) is 6.92 Å². The average Bonchev–Trinajstić information content (AvgIpc) is 3.30. The van der Waals surface area contributed by atoms with Gasteiger partial charge in [-0.2, -0.15) is 0 Å². The van der Waals surface area contributed by atoms with E-state index in [-0.39, 0.29) is 11.9 Å². The number of hydrogen-bond acceptors (Lipinski definition) is 5. The summed E-state index contributed by atoms with van der Waals surface area (Å²) >= 11 is 1.73. The lowest BCUT2D eigenvalue weighted by Gasteiger charge is -2.26. The highest BCUT2D eigenvalue weighted by atomic mass is 32.2. The summed E-state index contributed by atoms with van der Waals surface area (Å²) in [6.07, 6.45) is 0.813. The minimum Gasteiger partial charge on any atom is -0.496 e. The van der Waals surface area contributed by atoms with Crippen LogP contribution in [0.5, 0.6) is 5.75 Å². The number of aromatic nitrogens is 2. The highest BCUT2D eigenvalue weighted by molar-refractivity contribution is 7.99. The lowest BCUT2D eigenvalue weighted by atomic mass is 10.1. The molecule has 1 amide bonds. The molecule has 1 aliphatic heterocycles. The third-order valence-electron chi connectivity index (χ3n) is 5.58. The molecular formula is C23H28N4O2S. The van der Waals surface area contributed by atoms with Crippen LogP contribution in [0.2, 0.25) is 0 Å². The van der Waals surface area contributed by atoms with Crippen molar-refractivity contribution in [1.82, 2.24) is 19.8 Å². The van der Waals surface area contributed by atoms with Gasteiger partial charge < -0.3 is 14.6 Å². The van der Waals surface area contributed by atoms with Gasteiger partial charge in [0.2, 0.25) is 5.91 Å². The molecule has 4 rings (SSSR count). The molecule has 2 aromatic carbocycles. The second-order valence-electron chi connectivity index (χ2n) is 8.02. The molecule has 0 saturated carbocycles. The van der Waals surface area contributed by atoms with Gasteiger partial charge in [0.15, 0.2) is 5.16 Å². The molecular weight excluding hydrogens is 396 g/mol. The summed E-state index contributed by atoms with van der Waals surface area (Å²) in [6.45, 7) is 3.64. The van der Waals surface area contributed by atoms with Gasteiger partial charge in [-0.05, 0) is 42.7 Å². The van der Waals surface area contributed by atoms with E-state index in [1.54, 1.807) is 23.8 Å². The molecule has 2 heterocycles. The molecule has 1 saturated heterocycles. The number of likely N-dealkylation sites (N-methyl/N-ethyl adjacent to an activating group) is 1. The van der Waals surface area contributed by atoms with Crippen LogP contribution in [-0.2, 0) is 11.3 Å². The topological polar surface area (TPSA) is 61.5 Å². The number of nitrogens with zero attached hydrogens (tertiary/aromatic N) is 3. The third kappa shape index (κ3) is 4.32. The minimum absolute atomic E-state index is 0.121. The Labute approximate surface area is 181 Å². The van der Waals surface area contributed by atoms with Crippen LogP contribution >= 0.6 is 11.8 Å². The first kappa shape index (κ1) is 20.8. The molecule has 3 aromatic rings. The summed E-state index contributed by atoms with van der Waals surface area (Å²) < 4.78 is 5.38. The first-order valence-corrected chi connectivity index (χ1v) is 11.0. The number of aryl methyl sites for hydroxylation is 1. The second-order valence-corrected chi connectivity index (χ2v) is 9.31. The molecule has 2 atom stereocenters. The maximum Gasteiger partial charge on any atom is 0.239 e. The predicted octanol–water partition coefficient (Wildman–Crippen LogP) is 3.70. The number of hydrogen-bond donors (Lipinski definition) is 1. The van der Waals surface area contributed by atoms with E-state index in [1.165, 1.54) is 5.56 Å². The Kier molecular flexibility index (Phi) is 6.01. The van der Waals surface area contributed by atoms with Crippen molar-refractivity contribution in [3.63, 3.8) is 0 Å². The Morgan fingerprint density at radius 1 is 1.30 bits per heavy atom. The Bertz CT molecular complexity index is 1020. The lowest BCUT2D eigenvalue weighted by molar-refractivity contribution is -0.133. The molecule has 7 heteroatoms. The number of carbonyl (C=O) groups excluding carboxylic acids is 1. The molecule has 0 spiro atoms. The number of amides is 1. The van der Waals surface area contributed by atoms with Gasteiger partial charge >= 0.3 is 0 Å². The van der Waals surface area contributed by atoms with Crippen molar-refractivity contribution in [2.75, 3.05) is 27.7 Å². The number of likely N-dealkylation sites (tertiary alicyclic amines) is 1. The molecule has 0 unspecified atom stereocenters. The van der Waals surface area contributed by atoms with Gasteiger partial charge in [0.05, 0.1) is 24.2 Å². The summed E-state index contributed by atoms with van der Waals surface area (Å²) in [5.74, 6) is 1.05. The van der Waals surface area contributed by atoms with Gasteiger partial charge in [-0.3, -0.25) is 9.69 Å². The van der Waals surface area contributed by atoms with Crippen molar-refractivity contribution in [1.29, 1.82) is 0 Å². The maximum atomic E-state index is 12.9. The number of benzene rings is 2. The summed E-state index contributed by atoms with van der Waals surface area (Å²) in [5.41, 5.74) is 4.33. The summed E-state index contributed by atoms with van der Waals surface area (Å²) in [4.78, 5) is 25.0. The van der Waals surface area contributed by atoms with E-state index in [1.807, 2.05) is 44.4 Å². The zero-order chi connectivity index (χ0) is 21.3. The summed E-state index contributed by atoms with van der Waals surface area (Å²) in [5, 5.41) is 1.22. The molecule has 30 heavy (non-hydrogen) atoms. The van der Waals surface area contributed by atoms with Gasteiger partial charge in [0.1, 0.15) is 5.75 Å². The first-order valence-electron chi connectivity index (χ1n) is 10.1. The van der Waals surface area contributed by atoms with Crippen LogP contribution in [0.3, 0.4) is 0 Å². The van der Waals surface area contributed by atoms with Gasteiger partial charge in [-0.1, -0.05) is 36.0 Å². The fraction of sp³-hybridized carbons (Fsp3) is 0.391. The Morgan fingerprint density at radius 3 is 2.80 bits per heavy atom. The first-order chi connectivity index (χ1) is 14.4. The van der Waals surface area contributed by atoms with Gasteiger partial charge in [0.25, 0.3) is 0 Å². The fourth-order valence-electron chi connectivity index (χ4n) is 4.09. The van der Waals surface area contributed by atoms with Gasteiger partial charge in [0, 0.05) is 32.4 Å². The number of nitrogens with one attached hydrogen (secondary N) is 1. The number of methoxy groups -OCH3 is 1. The van der Waals surface area contributed by atoms with E-state index in [0.717, 1.165) is 47.0 Å². The molecule has 1 fully saturated rings. The number of rotatable bonds is 6. The van der Waals surface area contributed by atoms with E-state index >= 15 is 0 Å². The lowest BCUT2D eigenvalue weighted by Crippen LogP contribution is -2.42. The predicted molar refractivity (Wildman–Crippen MR) is 121 cm³/mol. The van der Waals surface area contributed by atoms with Gasteiger partial charge in [-0.15, -0.1) is 0 Å². The van der Waals surface area contributed by atoms with E-state index in [2.05, 4.69) is 28.9 Å². The van der Waals surface area contributed by atoms with Crippen LogP contribution in [-0.4, -0.2) is 64.7 Å². The van der Waals surface area contributed by atoms with E-state index < -0.39 is 0 Å². The SMILES string of the molecule is COc1ccc(CN2C[C@H](Sc3nc4ccccc4[nH]3)C[C@H]2C(=O)N(C)C)cc1C. The van der Waals surface area contributed by atoms with Crippen LogP contribution in [0.1, 0.15) is 17.5 Å². The Hall–Kier alpha value is -2.51. The highest BCUT2D eigenvalue weighted by Crippen LogP contribution is 2.34. The van der Waals surface area contributed by atoms with Gasteiger partial charge in [-0.25, -0.2) is 4.98 Å². The number of ether oxygens (including phenoxy) is 1.